The molecular weight excluding hydrogens is 218 g/mol. The minimum absolute atomic E-state index is 0. The van der Waals surface area contributed by atoms with Crippen molar-refractivity contribution in [1.29, 1.82) is 0 Å². The van der Waals surface area contributed by atoms with Gasteiger partial charge in [0.2, 0.25) is 0 Å². The van der Waals surface area contributed by atoms with E-state index in [0.29, 0.717) is 5.92 Å². The molecule has 0 aliphatic carbocycles. The third-order valence-electron chi connectivity index (χ3n) is 3.51. The van der Waals surface area contributed by atoms with E-state index < -0.39 is 0 Å². The van der Waals surface area contributed by atoms with Crippen LogP contribution < -0.4 is 5.73 Å². The van der Waals surface area contributed by atoms with E-state index in [9.17, 15) is 0 Å². The average Bonchev–Trinajstić information content (AvgIpc) is 2.14. The van der Waals surface area contributed by atoms with Gasteiger partial charge in [0.15, 0.2) is 0 Å². The molecule has 2 heteroatoms. The zero-order valence-electron chi connectivity index (χ0n) is 11.7. The summed E-state index contributed by atoms with van der Waals surface area (Å²) in [6.07, 6.45) is 11.1. The second kappa shape index (κ2) is 10.4. The molecule has 1 unspecified atom stereocenters. The Morgan fingerprint density at radius 2 is 1.38 bits per heavy atom. The van der Waals surface area contributed by atoms with Crippen LogP contribution in [-0.2, 0) is 0 Å². The molecule has 0 saturated heterocycles. The van der Waals surface area contributed by atoms with Crippen LogP contribution >= 0.6 is 12.4 Å². The van der Waals surface area contributed by atoms with Crippen LogP contribution in [0.1, 0.15) is 79.1 Å². The van der Waals surface area contributed by atoms with Gasteiger partial charge in [-0.25, -0.2) is 0 Å². The first-order chi connectivity index (χ1) is 6.98. The van der Waals surface area contributed by atoms with Gasteiger partial charge >= 0.3 is 0 Å². The summed E-state index contributed by atoms with van der Waals surface area (Å²) in [4.78, 5) is 0. The SMILES string of the molecule is CCCCCCCCCC(C)C(C)(C)N.Cl. The molecular formula is C14H32ClN. The van der Waals surface area contributed by atoms with Crippen molar-refractivity contribution in [3.63, 3.8) is 0 Å². The number of hydrogen-bond acceptors (Lipinski definition) is 1. The van der Waals surface area contributed by atoms with E-state index in [-0.39, 0.29) is 17.9 Å². The maximum Gasteiger partial charge on any atom is 0.0123 e. The molecule has 1 atom stereocenters. The molecule has 0 aliphatic heterocycles. The maximum absolute atomic E-state index is 6.06. The average molecular weight is 250 g/mol. The fraction of sp³-hybridized carbons (Fsp3) is 1.00. The summed E-state index contributed by atoms with van der Waals surface area (Å²) in [6, 6.07) is 0. The van der Waals surface area contributed by atoms with E-state index in [0.717, 1.165) is 0 Å². The molecule has 0 bridgehead atoms. The molecule has 1 nitrogen and oxygen atoms in total. The highest BCUT2D eigenvalue weighted by Crippen LogP contribution is 2.20. The molecule has 0 rings (SSSR count). The Kier molecular flexibility index (Phi) is 12.1. The van der Waals surface area contributed by atoms with Crippen LogP contribution in [0.5, 0.6) is 0 Å². The van der Waals surface area contributed by atoms with Gasteiger partial charge in [-0.1, -0.05) is 58.8 Å². The van der Waals surface area contributed by atoms with Gasteiger partial charge in [-0.2, -0.15) is 0 Å². The van der Waals surface area contributed by atoms with E-state index in [4.69, 9.17) is 5.73 Å². The molecule has 0 aromatic heterocycles. The lowest BCUT2D eigenvalue weighted by Crippen LogP contribution is -2.39. The molecule has 100 valence electrons. The maximum atomic E-state index is 6.06. The number of nitrogens with two attached hydrogens (primary N) is 1. The molecule has 0 aromatic rings. The van der Waals surface area contributed by atoms with Crippen molar-refractivity contribution in [1.82, 2.24) is 0 Å². The van der Waals surface area contributed by atoms with Gasteiger partial charge in [0.1, 0.15) is 0 Å². The highest BCUT2D eigenvalue weighted by Gasteiger charge is 2.19. The van der Waals surface area contributed by atoms with Crippen molar-refractivity contribution >= 4 is 12.4 Å². The topological polar surface area (TPSA) is 26.0 Å². The molecule has 0 radical (unpaired) electrons. The molecule has 0 fully saturated rings. The Morgan fingerprint density at radius 3 is 1.81 bits per heavy atom. The number of halogens is 1. The van der Waals surface area contributed by atoms with Crippen molar-refractivity contribution in [3.05, 3.63) is 0 Å². The molecule has 0 amide bonds. The van der Waals surface area contributed by atoms with Crippen LogP contribution in [0.25, 0.3) is 0 Å². The summed E-state index contributed by atoms with van der Waals surface area (Å²) < 4.78 is 0. The summed E-state index contributed by atoms with van der Waals surface area (Å²) >= 11 is 0. The second-order valence-corrected chi connectivity index (χ2v) is 5.63. The third kappa shape index (κ3) is 10.8. The molecule has 0 spiro atoms. The van der Waals surface area contributed by atoms with Crippen LogP contribution in [0, 0.1) is 5.92 Å². The Balaban J connectivity index is 0. The lowest BCUT2D eigenvalue weighted by Gasteiger charge is -2.27. The highest BCUT2D eigenvalue weighted by atomic mass is 35.5. The van der Waals surface area contributed by atoms with Gasteiger partial charge in [-0.05, 0) is 26.2 Å². The van der Waals surface area contributed by atoms with Gasteiger partial charge in [0.05, 0.1) is 0 Å². The predicted molar refractivity (Wildman–Crippen MR) is 77.3 cm³/mol. The van der Waals surface area contributed by atoms with E-state index >= 15 is 0 Å². The van der Waals surface area contributed by atoms with Crippen molar-refractivity contribution in [2.45, 2.75) is 84.6 Å². The van der Waals surface area contributed by atoms with Crippen LogP contribution in [0.3, 0.4) is 0 Å². The first kappa shape index (κ1) is 18.6. The van der Waals surface area contributed by atoms with E-state index in [1.165, 1.54) is 51.4 Å². The van der Waals surface area contributed by atoms with Crippen LogP contribution in [-0.4, -0.2) is 5.54 Å². The van der Waals surface area contributed by atoms with E-state index in [1.54, 1.807) is 0 Å². The Morgan fingerprint density at radius 1 is 0.938 bits per heavy atom. The van der Waals surface area contributed by atoms with Crippen molar-refractivity contribution < 1.29 is 0 Å². The minimum atomic E-state index is 0. The zero-order valence-corrected chi connectivity index (χ0v) is 12.5. The summed E-state index contributed by atoms with van der Waals surface area (Å²) in [5.74, 6) is 0.646. The van der Waals surface area contributed by atoms with Crippen molar-refractivity contribution in [2.75, 3.05) is 0 Å². The predicted octanol–water partition coefficient (Wildman–Crippen LogP) is 4.92. The molecule has 16 heavy (non-hydrogen) atoms. The summed E-state index contributed by atoms with van der Waals surface area (Å²) in [7, 11) is 0. The van der Waals surface area contributed by atoms with Gasteiger partial charge in [0.25, 0.3) is 0 Å². The summed E-state index contributed by atoms with van der Waals surface area (Å²) in [6.45, 7) is 8.82. The standard InChI is InChI=1S/C14H31N.ClH/c1-5-6-7-8-9-10-11-12-13(2)14(3,4)15;/h13H,5-12,15H2,1-4H3;1H. The normalized spacial score (nSPS) is 13.3. The van der Waals surface area contributed by atoms with Gasteiger partial charge in [-0.15, -0.1) is 12.4 Å². The van der Waals surface area contributed by atoms with Crippen LogP contribution in [0.2, 0.25) is 0 Å². The first-order valence-electron chi connectivity index (χ1n) is 6.77. The van der Waals surface area contributed by atoms with Crippen molar-refractivity contribution in [3.8, 4) is 0 Å². The van der Waals surface area contributed by atoms with Gasteiger partial charge in [-0.3, -0.25) is 0 Å². The first-order valence-corrected chi connectivity index (χ1v) is 6.77. The van der Waals surface area contributed by atoms with E-state index in [1.807, 2.05) is 0 Å². The van der Waals surface area contributed by atoms with Crippen LogP contribution in [0.15, 0.2) is 0 Å². The highest BCUT2D eigenvalue weighted by molar-refractivity contribution is 5.85. The summed E-state index contributed by atoms with van der Waals surface area (Å²) in [5, 5.41) is 0. The second-order valence-electron chi connectivity index (χ2n) is 5.63. The fourth-order valence-corrected chi connectivity index (χ4v) is 1.78. The number of hydrogen-bond donors (Lipinski definition) is 1. The lowest BCUT2D eigenvalue weighted by atomic mass is 9.86. The van der Waals surface area contributed by atoms with Crippen LogP contribution in [0.4, 0.5) is 0 Å². The fourth-order valence-electron chi connectivity index (χ4n) is 1.78. The minimum Gasteiger partial charge on any atom is -0.325 e. The number of unbranched alkanes of at least 4 members (excludes halogenated alkanes) is 6. The zero-order chi connectivity index (χ0) is 11.7. The Hall–Kier alpha value is 0.250. The molecule has 2 N–H and O–H groups in total. The smallest absolute Gasteiger partial charge is 0.0123 e. The summed E-state index contributed by atoms with van der Waals surface area (Å²) in [5.41, 5.74) is 6.06. The van der Waals surface area contributed by atoms with Gasteiger partial charge < -0.3 is 5.73 Å². The van der Waals surface area contributed by atoms with E-state index in [2.05, 4.69) is 27.7 Å². The van der Waals surface area contributed by atoms with Gasteiger partial charge in [0, 0.05) is 5.54 Å². The molecule has 0 aromatic carbocycles. The molecule has 0 heterocycles. The molecule has 0 aliphatic rings. The monoisotopic (exact) mass is 249 g/mol. The Labute approximate surface area is 109 Å². The lowest BCUT2D eigenvalue weighted by molar-refractivity contribution is 0.316. The van der Waals surface area contributed by atoms with Crippen molar-refractivity contribution in [2.24, 2.45) is 11.7 Å². The largest absolute Gasteiger partial charge is 0.325 e. The number of rotatable bonds is 9. The quantitative estimate of drug-likeness (QED) is 0.577. The third-order valence-corrected chi connectivity index (χ3v) is 3.51. The molecule has 0 saturated carbocycles. The Bertz CT molecular complexity index is 140.